The average Bonchev–Trinajstić information content (AvgIpc) is 2.00. The number of aryl methyl sites for hydroxylation is 1. The van der Waals surface area contributed by atoms with Crippen LogP contribution in [0.3, 0.4) is 0 Å². The van der Waals surface area contributed by atoms with Crippen LogP contribution in [-0.2, 0) is 6.42 Å². The summed E-state index contributed by atoms with van der Waals surface area (Å²) in [7, 11) is -1.08. The van der Waals surface area contributed by atoms with Gasteiger partial charge in [0, 0.05) is 13.1 Å². The van der Waals surface area contributed by atoms with Crippen LogP contribution >= 0.6 is 11.6 Å². The van der Waals surface area contributed by atoms with E-state index in [4.69, 9.17) is 11.6 Å². The summed E-state index contributed by atoms with van der Waals surface area (Å²) < 4.78 is 13.4. The van der Waals surface area contributed by atoms with E-state index in [0.717, 1.165) is 18.0 Å². The lowest BCUT2D eigenvalue weighted by atomic mass is 10.1. The Morgan fingerprint density at radius 2 is 1.93 bits per heavy atom. The average molecular weight is 231 g/mol. The summed E-state index contributed by atoms with van der Waals surface area (Å²) in [6.45, 7) is 6.88. The predicted molar refractivity (Wildman–Crippen MR) is 63.3 cm³/mol. The van der Waals surface area contributed by atoms with Crippen LogP contribution in [0.4, 0.5) is 4.39 Å². The summed E-state index contributed by atoms with van der Waals surface area (Å²) in [6, 6.07) is 6.05. The van der Waals surface area contributed by atoms with Crippen molar-refractivity contribution in [1.29, 1.82) is 0 Å². The molecule has 0 atom stereocenters. The van der Waals surface area contributed by atoms with Gasteiger partial charge in [-0.25, -0.2) is 4.39 Å². The van der Waals surface area contributed by atoms with Crippen LogP contribution in [0.15, 0.2) is 18.2 Å². The van der Waals surface area contributed by atoms with Crippen molar-refractivity contribution in [3.63, 3.8) is 0 Å². The lowest BCUT2D eigenvalue weighted by Gasteiger charge is -2.15. The van der Waals surface area contributed by atoms with Gasteiger partial charge in [0.1, 0.15) is 5.82 Å². The SMILES string of the molecule is C[Si](C)(C)CCc1ccc(Cl)cc1F. The summed E-state index contributed by atoms with van der Waals surface area (Å²) in [5.41, 5.74) is 0.789. The van der Waals surface area contributed by atoms with Crippen molar-refractivity contribution < 1.29 is 4.39 Å². The molecule has 0 heterocycles. The van der Waals surface area contributed by atoms with Crippen LogP contribution in [-0.4, -0.2) is 8.07 Å². The maximum atomic E-state index is 13.4. The smallest absolute Gasteiger partial charge is 0.127 e. The first kappa shape index (κ1) is 11.7. The number of hydrogen-bond acceptors (Lipinski definition) is 0. The Kier molecular flexibility index (Phi) is 3.73. The third kappa shape index (κ3) is 3.80. The Bertz CT molecular complexity index is 318. The molecule has 0 amide bonds. The third-order valence-electron chi connectivity index (χ3n) is 2.16. The molecular weight excluding hydrogens is 215 g/mol. The van der Waals surface area contributed by atoms with E-state index in [1.54, 1.807) is 12.1 Å². The van der Waals surface area contributed by atoms with Gasteiger partial charge in [-0.1, -0.05) is 43.4 Å². The minimum Gasteiger partial charge on any atom is -0.207 e. The van der Waals surface area contributed by atoms with Crippen molar-refractivity contribution in [3.8, 4) is 0 Å². The number of benzene rings is 1. The molecule has 1 aromatic rings. The normalized spacial score (nSPS) is 11.8. The highest BCUT2D eigenvalue weighted by Gasteiger charge is 2.13. The van der Waals surface area contributed by atoms with Crippen molar-refractivity contribution in [1.82, 2.24) is 0 Å². The highest BCUT2D eigenvalue weighted by atomic mass is 35.5. The van der Waals surface area contributed by atoms with Crippen molar-refractivity contribution >= 4 is 19.7 Å². The van der Waals surface area contributed by atoms with Gasteiger partial charge < -0.3 is 0 Å². The molecule has 0 saturated heterocycles. The maximum Gasteiger partial charge on any atom is 0.127 e. The lowest BCUT2D eigenvalue weighted by Crippen LogP contribution is -2.20. The molecule has 0 aromatic heterocycles. The molecule has 0 aliphatic heterocycles. The first-order valence-electron chi connectivity index (χ1n) is 4.82. The summed E-state index contributed by atoms with van der Waals surface area (Å²) in [4.78, 5) is 0. The minimum absolute atomic E-state index is 0.171. The van der Waals surface area contributed by atoms with Gasteiger partial charge in [0.05, 0.1) is 0 Å². The molecule has 0 fully saturated rings. The van der Waals surface area contributed by atoms with E-state index in [2.05, 4.69) is 19.6 Å². The quantitative estimate of drug-likeness (QED) is 0.677. The van der Waals surface area contributed by atoms with E-state index in [9.17, 15) is 4.39 Å². The lowest BCUT2D eigenvalue weighted by molar-refractivity contribution is 0.612. The van der Waals surface area contributed by atoms with Crippen molar-refractivity contribution in [2.24, 2.45) is 0 Å². The van der Waals surface area contributed by atoms with E-state index in [-0.39, 0.29) is 5.82 Å². The molecule has 0 aliphatic carbocycles. The molecule has 0 saturated carbocycles. The van der Waals surface area contributed by atoms with Crippen molar-refractivity contribution in [3.05, 3.63) is 34.6 Å². The first-order chi connectivity index (χ1) is 6.38. The zero-order chi connectivity index (χ0) is 10.8. The summed E-state index contributed by atoms with van der Waals surface area (Å²) in [6.07, 6.45) is 0.832. The zero-order valence-corrected chi connectivity index (χ0v) is 10.7. The van der Waals surface area contributed by atoms with Gasteiger partial charge in [-0.3, -0.25) is 0 Å². The Morgan fingerprint density at radius 1 is 1.29 bits per heavy atom. The molecule has 78 valence electrons. The molecule has 0 aliphatic rings. The van der Waals surface area contributed by atoms with Crippen LogP contribution in [0.2, 0.25) is 30.7 Å². The highest BCUT2D eigenvalue weighted by molar-refractivity contribution is 6.76. The van der Waals surface area contributed by atoms with Crippen molar-refractivity contribution in [2.75, 3.05) is 0 Å². The van der Waals surface area contributed by atoms with E-state index < -0.39 is 8.07 Å². The van der Waals surface area contributed by atoms with Gasteiger partial charge in [0.15, 0.2) is 0 Å². The summed E-state index contributed by atoms with van der Waals surface area (Å²) >= 11 is 5.68. The molecule has 0 N–H and O–H groups in total. The Balaban J connectivity index is 2.68. The molecular formula is C11H16ClFSi. The fourth-order valence-electron chi connectivity index (χ4n) is 1.23. The van der Waals surface area contributed by atoms with E-state index in [0.29, 0.717) is 5.02 Å². The van der Waals surface area contributed by atoms with Gasteiger partial charge in [-0.2, -0.15) is 0 Å². The second-order valence-corrected chi connectivity index (χ2v) is 10.9. The Morgan fingerprint density at radius 3 is 2.43 bits per heavy atom. The first-order valence-corrected chi connectivity index (χ1v) is 8.91. The standard InChI is InChI=1S/C11H16ClFSi/c1-14(2,3)7-6-9-4-5-10(12)8-11(9)13/h4-5,8H,6-7H2,1-3H3. The Hall–Kier alpha value is -0.343. The van der Waals surface area contributed by atoms with Gasteiger partial charge in [0.2, 0.25) is 0 Å². The summed E-state index contributed by atoms with van der Waals surface area (Å²) in [5, 5.41) is 0.472. The molecule has 1 rings (SSSR count). The fourth-order valence-corrected chi connectivity index (χ4v) is 2.41. The second kappa shape index (κ2) is 4.45. The van der Waals surface area contributed by atoms with E-state index in [1.165, 1.54) is 6.07 Å². The predicted octanol–water partition coefficient (Wildman–Crippen LogP) is 4.36. The minimum atomic E-state index is -1.08. The van der Waals surface area contributed by atoms with Crippen LogP contribution in [0.5, 0.6) is 0 Å². The van der Waals surface area contributed by atoms with E-state index >= 15 is 0 Å². The number of rotatable bonds is 3. The van der Waals surface area contributed by atoms with Crippen LogP contribution in [0, 0.1) is 5.82 Å². The van der Waals surface area contributed by atoms with Crippen LogP contribution in [0.1, 0.15) is 5.56 Å². The van der Waals surface area contributed by atoms with Gasteiger partial charge in [0.25, 0.3) is 0 Å². The zero-order valence-electron chi connectivity index (χ0n) is 8.90. The molecule has 14 heavy (non-hydrogen) atoms. The van der Waals surface area contributed by atoms with Crippen LogP contribution < -0.4 is 0 Å². The van der Waals surface area contributed by atoms with Crippen LogP contribution in [0.25, 0.3) is 0 Å². The molecule has 1 aromatic carbocycles. The number of hydrogen-bond donors (Lipinski definition) is 0. The molecule has 3 heteroatoms. The van der Waals surface area contributed by atoms with E-state index in [1.807, 2.05) is 0 Å². The molecule has 0 unspecified atom stereocenters. The largest absolute Gasteiger partial charge is 0.207 e. The van der Waals surface area contributed by atoms with Gasteiger partial charge >= 0.3 is 0 Å². The maximum absolute atomic E-state index is 13.4. The second-order valence-electron chi connectivity index (χ2n) is 4.80. The Labute approximate surface area is 91.1 Å². The molecule has 0 radical (unpaired) electrons. The summed E-state index contributed by atoms with van der Waals surface area (Å²) in [5.74, 6) is -0.171. The fraction of sp³-hybridized carbons (Fsp3) is 0.455. The van der Waals surface area contributed by atoms with Gasteiger partial charge in [-0.15, -0.1) is 0 Å². The number of halogens is 2. The molecule has 0 nitrogen and oxygen atoms in total. The van der Waals surface area contributed by atoms with Gasteiger partial charge in [-0.05, 0) is 24.1 Å². The third-order valence-corrected chi connectivity index (χ3v) is 4.14. The topological polar surface area (TPSA) is 0 Å². The monoisotopic (exact) mass is 230 g/mol. The van der Waals surface area contributed by atoms with Crippen molar-refractivity contribution in [2.45, 2.75) is 32.1 Å². The highest BCUT2D eigenvalue weighted by Crippen LogP contribution is 2.19. The molecule has 0 spiro atoms. The molecule has 0 bridgehead atoms.